The first-order chi connectivity index (χ1) is 13.9. The van der Waals surface area contributed by atoms with Crippen LogP contribution in [0.1, 0.15) is 116 Å². The number of hydrogen-bond acceptors (Lipinski definition) is 3. The van der Waals surface area contributed by atoms with Gasteiger partial charge in [-0.15, -0.1) is 0 Å². The van der Waals surface area contributed by atoms with E-state index >= 15 is 0 Å². The van der Waals surface area contributed by atoms with Crippen LogP contribution in [0.2, 0.25) is 0 Å². The summed E-state index contributed by atoms with van der Waals surface area (Å²) >= 11 is 0. The van der Waals surface area contributed by atoms with Crippen molar-refractivity contribution in [3.8, 4) is 0 Å². The summed E-state index contributed by atoms with van der Waals surface area (Å²) in [7, 11) is 0. The molecule has 0 amide bonds. The number of rotatable bonds is 20. The van der Waals surface area contributed by atoms with Crippen LogP contribution in [0.4, 0.5) is 0 Å². The Morgan fingerprint density at radius 2 is 0.786 bits per heavy atom. The number of piperazine rings is 1. The molecular weight excluding hydrogens is 342 g/mol. The van der Waals surface area contributed by atoms with Crippen LogP contribution in [0.5, 0.6) is 0 Å². The van der Waals surface area contributed by atoms with E-state index in [0.717, 1.165) is 13.0 Å². The molecule has 0 aromatic rings. The monoisotopic (exact) mass is 395 g/mol. The van der Waals surface area contributed by atoms with Gasteiger partial charge in [0.05, 0.1) is 0 Å². The minimum atomic E-state index is 0.833. The first-order valence-electron chi connectivity index (χ1n) is 13.0. The normalized spacial score (nSPS) is 16.1. The number of nitrogens with zero attached hydrogens (tertiary/aromatic N) is 2. The highest BCUT2D eigenvalue weighted by atomic mass is 15.3. The molecule has 0 saturated carbocycles. The Labute approximate surface area is 177 Å². The molecule has 28 heavy (non-hydrogen) atoms. The van der Waals surface area contributed by atoms with E-state index in [1.165, 1.54) is 142 Å². The van der Waals surface area contributed by atoms with Crippen molar-refractivity contribution in [2.75, 3.05) is 45.8 Å². The summed E-state index contributed by atoms with van der Waals surface area (Å²) in [5.74, 6) is 0. The van der Waals surface area contributed by atoms with E-state index in [9.17, 15) is 0 Å². The highest BCUT2D eigenvalue weighted by molar-refractivity contribution is 4.71. The molecule has 3 nitrogen and oxygen atoms in total. The Kier molecular flexibility index (Phi) is 18.7. The van der Waals surface area contributed by atoms with Crippen LogP contribution in [-0.2, 0) is 0 Å². The summed E-state index contributed by atoms with van der Waals surface area (Å²) in [4.78, 5) is 5.25. The fraction of sp³-hybridized carbons (Fsp3) is 1.00. The van der Waals surface area contributed by atoms with E-state index in [1.54, 1.807) is 0 Å². The Bertz CT molecular complexity index is 300. The highest BCUT2D eigenvalue weighted by Gasteiger charge is 2.15. The van der Waals surface area contributed by atoms with Gasteiger partial charge in [0.15, 0.2) is 0 Å². The van der Waals surface area contributed by atoms with Crippen LogP contribution < -0.4 is 5.73 Å². The second-order valence-corrected chi connectivity index (χ2v) is 9.13. The molecule has 3 heteroatoms. The molecule has 1 saturated heterocycles. The van der Waals surface area contributed by atoms with Crippen molar-refractivity contribution < 1.29 is 0 Å². The quantitative estimate of drug-likeness (QED) is 0.249. The zero-order valence-corrected chi connectivity index (χ0v) is 19.4. The fourth-order valence-corrected chi connectivity index (χ4v) is 4.43. The molecule has 0 atom stereocenters. The second-order valence-electron chi connectivity index (χ2n) is 9.13. The molecular formula is C25H53N3. The average Bonchev–Trinajstić information content (AvgIpc) is 2.73. The maximum atomic E-state index is 5.61. The molecule has 0 aromatic heterocycles. The summed E-state index contributed by atoms with van der Waals surface area (Å²) in [5, 5.41) is 0. The van der Waals surface area contributed by atoms with E-state index in [0.29, 0.717) is 0 Å². The second kappa shape index (κ2) is 20.2. The third-order valence-corrected chi connectivity index (χ3v) is 6.47. The summed E-state index contributed by atoms with van der Waals surface area (Å²) in [5.41, 5.74) is 5.61. The molecule has 1 aliphatic heterocycles. The van der Waals surface area contributed by atoms with Crippen molar-refractivity contribution in [3.63, 3.8) is 0 Å². The van der Waals surface area contributed by atoms with Gasteiger partial charge in [-0.1, -0.05) is 103 Å². The predicted molar refractivity (Wildman–Crippen MR) is 126 cm³/mol. The van der Waals surface area contributed by atoms with Crippen LogP contribution in [0.3, 0.4) is 0 Å². The van der Waals surface area contributed by atoms with Gasteiger partial charge in [-0.2, -0.15) is 0 Å². The maximum absolute atomic E-state index is 5.61. The van der Waals surface area contributed by atoms with Crippen molar-refractivity contribution >= 4 is 0 Å². The predicted octanol–water partition coefficient (Wildman–Crippen LogP) is 6.21. The van der Waals surface area contributed by atoms with Gasteiger partial charge in [-0.3, -0.25) is 0 Å². The summed E-state index contributed by atoms with van der Waals surface area (Å²) in [6, 6.07) is 0. The lowest BCUT2D eigenvalue weighted by molar-refractivity contribution is 0.130. The highest BCUT2D eigenvalue weighted by Crippen LogP contribution is 2.14. The van der Waals surface area contributed by atoms with E-state index < -0.39 is 0 Å². The van der Waals surface area contributed by atoms with Crippen LogP contribution in [-0.4, -0.2) is 55.6 Å². The Morgan fingerprint density at radius 1 is 0.464 bits per heavy atom. The zero-order chi connectivity index (χ0) is 20.1. The van der Waals surface area contributed by atoms with Gasteiger partial charge in [-0.05, 0) is 32.5 Å². The van der Waals surface area contributed by atoms with Crippen molar-refractivity contribution in [2.24, 2.45) is 5.73 Å². The SMILES string of the molecule is CCCCCCCCCCCCCCCCCCN1CCN(CCCN)CC1. The van der Waals surface area contributed by atoms with Gasteiger partial charge >= 0.3 is 0 Å². The van der Waals surface area contributed by atoms with Crippen molar-refractivity contribution in [1.29, 1.82) is 0 Å². The molecule has 0 aliphatic carbocycles. The summed E-state index contributed by atoms with van der Waals surface area (Å²) in [6.45, 7) is 10.7. The summed E-state index contributed by atoms with van der Waals surface area (Å²) in [6.07, 6.45) is 24.5. The molecule has 2 N–H and O–H groups in total. The van der Waals surface area contributed by atoms with Crippen LogP contribution in [0.25, 0.3) is 0 Å². The van der Waals surface area contributed by atoms with Gasteiger partial charge in [0.25, 0.3) is 0 Å². The molecule has 0 bridgehead atoms. The maximum Gasteiger partial charge on any atom is 0.0110 e. The lowest BCUT2D eigenvalue weighted by atomic mass is 10.0. The van der Waals surface area contributed by atoms with Crippen LogP contribution in [0.15, 0.2) is 0 Å². The molecule has 0 radical (unpaired) electrons. The van der Waals surface area contributed by atoms with E-state index in [-0.39, 0.29) is 0 Å². The van der Waals surface area contributed by atoms with Gasteiger partial charge in [0.2, 0.25) is 0 Å². The lowest BCUT2D eigenvalue weighted by Gasteiger charge is -2.34. The topological polar surface area (TPSA) is 32.5 Å². The average molecular weight is 396 g/mol. The Balaban J connectivity index is 1.72. The first kappa shape index (κ1) is 25.9. The van der Waals surface area contributed by atoms with Crippen molar-refractivity contribution in [2.45, 2.75) is 116 Å². The van der Waals surface area contributed by atoms with Gasteiger partial charge in [0.1, 0.15) is 0 Å². The van der Waals surface area contributed by atoms with Crippen molar-refractivity contribution in [3.05, 3.63) is 0 Å². The summed E-state index contributed by atoms with van der Waals surface area (Å²) < 4.78 is 0. The fourth-order valence-electron chi connectivity index (χ4n) is 4.43. The third-order valence-electron chi connectivity index (χ3n) is 6.47. The van der Waals surface area contributed by atoms with Crippen molar-refractivity contribution in [1.82, 2.24) is 9.80 Å². The zero-order valence-electron chi connectivity index (χ0n) is 19.4. The molecule has 1 rings (SSSR count). The molecule has 0 unspecified atom stereocenters. The lowest BCUT2D eigenvalue weighted by Crippen LogP contribution is -2.46. The minimum absolute atomic E-state index is 0.833. The van der Waals surface area contributed by atoms with Gasteiger partial charge in [-0.25, -0.2) is 0 Å². The molecule has 1 heterocycles. The van der Waals surface area contributed by atoms with E-state index in [2.05, 4.69) is 16.7 Å². The molecule has 1 fully saturated rings. The standard InChI is InChI=1S/C25H53N3/c1-2-3-4-5-6-7-8-9-10-11-12-13-14-15-16-17-20-27-22-24-28(25-23-27)21-18-19-26/h2-26H2,1H3. The Hall–Kier alpha value is -0.120. The molecule has 0 spiro atoms. The minimum Gasteiger partial charge on any atom is -0.330 e. The third kappa shape index (κ3) is 15.8. The first-order valence-corrected chi connectivity index (χ1v) is 13.0. The largest absolute Gasteiger partial charge is 0.330 e. The van der Waals surface area contributed by atoms with E-state index in [4.69, 9.17) is 5.73 Å². The van der Waals surface area contributed by atoms with Crippen LogP contribution >= 0.6 is 0 Å². The number of unbranched alkanes of at least 4 members (excludes halogenated alkanes) is 15. The van der Waals surface area contributed by atoms with Crippen LogP contribution in [0, 0.1) is 0 Å². The molecule has 1 aliphatic rings. The number of hydrogen-bond donors (Lipinski definition) is 1. The van der Waals surface area contributed by atoms with Gasteiger partial charge < -0.3 is 15.5 Å². The molecule has 168 valence electrons. The van der Waals surface area contributed by atoms with Gasteiger partial charge in [0, 0.05) is 26.2 Å². The number of nitrogens with two attached hydrogens (primary N) is 1. The molecule has 0 aromatic carbocycles. The Morgan fingerprint density at radius 3 is 1.14 bits per heavy atom. The van der Waals surface area contributed by atoms with E-state index in [1.807, 2.05) is 0 Å². The smallest absolute Gasteiger partial charge is 0.0110 e.